The first-order valence-electron chi connectivity index (χ1n) is 6.45. The molecule has 0 aromatic carbocycles. The maximum absolute atomic E-state index is 12.2. The molecule has 100 valence electrons. The van der Waals surface area contributed by atoms with Gasteiger partial charge in [-0.3, -0.25) is 14.5 Å². The Morgan fingerprint density at radius 2 is 1.89 bits per heavy atom. The van der Waals surface area contributed by atoms with Crippen LogP contribution in [-0.2, 0) is 16.1 Å². The fourth-order valence-corrected chi connectivity index (χ4v) is 3.03. The van der Waals surface area contributed by atoms with Crippen LogP contribution in [0.25, 0.3) is 0 Å². The Bertz CT molecular complexity index is 544. The van der Waals surface area contributed by atoms with Crippen LogP contribution in [0.15, 0.2) is 18.2 Å². The van der Waals surface area contributed by atoms with Gasteiger partial charge in [0.25, 0.3) is 0 Å². The van der Waals surface area contributed by atoms with Gasteiger partial charge in [0.1, 0.15) is 5.82 Å². The summed E-state index contributed by atoms with van der Waals surface area (Å²) in [6.45, 7) is 4.24. The van der Waals surface area contributed by atoms with E-state index in [9.17, 15) is 9.59 Å². The molecule has 19 heavy (non-hydrogen) atoms. The topological polar surface area (TPSA) is 62.3 Å². The quantitative estimate of drug-likeness (QED) is 0.830. The lowest BCUT2D eigenvalue weighted by atomic mass is 10.1. The highest BCUT2D eigenvalue weighted by molar-refractivity contribution is 6.10. The first-order chi connectivity index (χ1) is 8.96. The minimum Gasteiger partial charge on any atom is -0.373 e. The van der Waals surface area contributed by atoms with E-state index in [-0.39, 0.29) is 35.6 Å². The van der Waals surface area contributed by atoms with Gasteiger partial charge in [-0.15, -0.1) is 0 Å². The number of piperidine rings is 1. The fourth-order valence-electron chi connectivity index (χ4n) is 3.03. The molecule has 5 heteroatoms. The van der Waals surface area contributed by atoms with Gasteiger partial charge < -0.3 is 5.32 Å². The molecule has 2 amide bonds. The molecule has 5 nitrogen and oxygen atoms in total. The molecule has 2 atom stereocenters. The van der Waals surface area contributed by atoms with Crippen molar-refractivity contribution in [3.05, 3.63) is 23.9 Å². The van der Waals surface area contributed by atoms with Gasteiger partial charge in [0, 0.05) is 7.05 Å². The smallest absolute Gasteiger partial charge is 0.234 e. The largest absolute Gasteiger partial charge is 0.373 e. The van der Waals surface area contributed by atoms with Crippen LogP contribution in [0.5, 0.6) is 0 Å². The number of likely N-dealkylation sites (tertiary alicyclic amines) is 1. The Balaban J connectivity index is 1.79. The average molecular weight is 259 g/mol. The van der Waals surface area contributed by atoms with Crippen molar-refractivity contribution < 1.29 is 9.59 Å². The van der Waals surface area contributed by atoms with Gasteiger partial charge in [-0.1, -0.05) is 19.9 Å². The van der Waals surface area contributed by atoms with Crippen LogP contribution < -0.4 is 5.32 Å². The molecular formula is C14H17N3O2. The summed E-state index contributed by atoms with van der Waals surface area (Å²) >= 11 is 0. The standard InChI is InChI=1S/C14H17N3O2/c1-14(2)10-11(14)13(19)17(12(10)18)7-8-5-4-6-9(15-3)16-8/h4-6,10-11H,7H2,1-3H3,(H,15,16). The van der Waals surface area contributed by atoms with Crippen molar-refractivity contribution in [2.45, 2.75) is 20.4 Å². The van der Waals surface area contributed by atoms with E-state index in [1.165, 1.54) is 4.90 Å². The predicted molar refractivity (Wildman–Crippen MR) is 70.1 cm³/mol. The normalized spacial score (nSPS) is 27.4. The molecule has 2 heterocycles. The van der Waals surface area contributed by atoms with Gasteiger partial charge in [0.05, 0.1) is 24.1 Å². The number of aromatic nitrogens is 1. The van der Waals surface area contributed by atoms with Crippen LogP contribution in [0.2, 0.25) is 0 Å². The van der Waals surface area contributed by atoms with Gasteiger partial charge in [-0.05, 0) is 17.5 Å². The summed E-state index contributed by atoms with van der Waals surface area (Å²) in [5, 5.41) is 2.95. The Morgan fingerprint density at radius 1 is 1.26 bits per heavy atom. The Kier molecular flexibility index (Phi) is 2.42. The number of fused-ring (bicyclic) bond motifs is 1. The number of imide groups is 1. The maximum atomic E-state index is 12.2. The zero-order valence-electron chi connectivity index (χ0n) is 11.3. The first kappa shape index (κ1) is 12.1. The second-order valence-corrected chi connectivity index (χ2v) is 5.80. The Labute approximate surface area is 112 Å². The SMILES string of the molecule is CNc1cccc(CN2C(=O)C3C(C2=O)C3(C)C)n1. The van der Waals surface area contributed by atoms with Gasteiger partial charge >= 0.3 is 0 Å². The second kappa shape index (κ2) is 3.79. The van der Waals surface area contributed by atoms with Gasteiger partial charge in [0.15, 0.2) is 0 Å². The molecule has 2 aliphatic rings. The molecule has 0 spiro atoms. The van der Waals surface area contributed by atoms with E-state index >= 15 is 0 Å². The molecule has 1 aromatic rings. The number of hydrogen-bond acceptors (Lipinski definition) is 4. The number of rotatable bonds is 3. The number of amides is 2. The van der Waals surface area contributed by atoms with Crippen molar-refractivity contribution in [2.24, 2.45) is 17.3 Å². The number of pyridine rings is 1. The van der Waals surface area contributed by atoms with E-state index in [1.54, 1.807) is 7.05 Å². The number of hydrogen-bond donors (Lipinski definition) is 1. The highest BCUT2D eigenvalue weighted by Crippen LogP contribution is 2.63. The third kappa shape index (κ3) is 1.64. The first-order valence-corrected chi connectivity index (χ1v) is 6.45. The molecule has 3 rings (SSSR count). The second-order valence-electron chi connectivity index (χ2n) is 5.80. The lowest BCUT2D eigenvalue weighted by Crippen LogP contribution is -2.35. The number of nitrogens with zero attached hydrogens (tertiary/aromatic N) is 2. The third-order valence-corrected chi connectivity index (χ3v) is 4.27. The minimum absolute atomic E-state index is 0.0448. The summed E-state index contributed by atoms with van der Waals surface area (Å²) in [4.78, 5) is 30.1. The van der Waals surface area contributed by atoms with E-state index in [4.69, 9.17) is 0 Å². The Morgan fingerprint density at radius 3 is 2.47 bits per heavy atom. The van der Waals surface area contributed by atoms with E-state index in [0.717, 1.165) is 11.5 Å². The van der Waals surface area contributed by atoms with E-state index < -0.39 is 0 Å². The zero-order chi connectivity index (χ0) is 13.8. The minimum atomic E-state index is -0.148. The van der Waals surface area contributed by atoms with E-state index in [0.29, 0.717) is 0 Å². The predicted octanol–water partition coefficient (Wildman–Crippen LogP) is 1.26. The summed E-state index contributed by atoms with van der Waals surface area (Å²) in [5.74, 6) is 0.412. The molecular weight excluding hydrogens is 242 g/mol. The molecule has 2 fully saturated rings. The fraction of sp³-hybridized carbons (Fsp3) is 0.500. The van der Waals surface area contributed by atoms with Gasteiger partial charge in [0.2, 0.25) is 11.8 Å². The molecule has 0 bridgehead atoms. The summed E-state index contributed by atoms with van der Waals surface area (Å²) < 4.78 is 0. The number of nitrogens with one attached hydrogen (secondary N) is 1. The summed E-state index contributed by atoms with van der Waals surface area (Å²) in [6.07, 6.45) is 0. The molecule has 2 unspecified atom stereocenters. The molecule has 0 radical (unpaired) electrons. The highest BCUT2D eigenvalue weighted by atomic mass is 16.2. The van der Waals surface area contributed by atoms with Crippen LogP contribution >= 0.6 is 0 Å². The van der Waals surface area contributed by atoms with Gasteiger partial charge in [-0.2, -0.15) is 0 Å². The zero-order valence-corrected chi connectivity index (χ0v) is 11.3. The average Bonchev–Trinajstić information content (AvgIpc) is 2.86. The monoisotopic (exact) mass is 259 g/mol. The molecule has 1 saturated carbocycles. The van der Waals surface area contributed by atoms with Crippen LogP contribution in [-0.4, -0.2) is 28.7 Å². The summed E-state index contributed by atoms with van der Waals surface area (Å²) in [7, 11) is 1.79. The van der Waals surface area contributed by atoms with Crippen molar-refractivity contribution >= 4 is 17.6 Å². The van der Waals surface area contributed by atoms with E-state index in [2.05, 4.69) is 10.3 Å². The van der Waals surface area contributed by atoms with Crippen LogP contribution in [0.3, 0.4) is 0 Å². The van der Waals surface area contributed by atoms with E-state index in [1.807, 2.05) is 32.0 Å². The third-order valence-electron chi connectivity index (χ3n) is 4.27. The lowest BCUT2D eigenvalue weighted by molar-refractivity contribution is -0.143. The van der Waals surface area contributed by atoms with Crippen molar-refractivity contribution in [2.75, 3.05) is 12.4 Å². The van der Waals surface area contributed by atoms with Gasteiger partial charge in [-0.25, -0.2) is 4.98 Å². The maximum Gasteiger partial charge on any atom is 0.234 e. The van der Waals surface area contributed by atoms with Crippen molar-refractivity contribution in [3.8, 4) is 0 Å². The Hall–Kier alpha value is -1.91. The number of anilines is 1. The van der Waals surface area contributed by atoms with Crippen LogP contribution in [0.4, 0.5) is 5.82 Å². The van der Waals surface area contributed by atoms with Crippen LogP contribution in [0, 0.1) is 17.3 Å². The lowest BCUT2D eigenvalue weighted by Gasteiger charge is -2.20. The molecule has 1 saturated heterocycles. The molecule has 1 aliphatic heterocycles. The van der Waals surface area contributed by atoms with Crippen LogP contribution in [0.1, 0.15) is 19.5 Å². The summed E-state index contributed by atoms with van der Waals surface area (Å²) in [5.41, 5.74) is 0.581. The summed E-state index contributed by atoms with van der Waals surface area (Å²) in [6, 6.07) is 5.54. The number of carbonyl (C=O) groups is 2. The van der Waals surface area contributed by atoms with Crippen molar-refractivity contribution in [3.63, 3.8) is 0 Å². The molecule has 1 N–H and O–H groups in total. The van der Waals surface area contributed by atoms with Crippen molar-refractivity contribution in [1.82, 2.24) is 9.88 Å². The van der Waals surface area contributed by atoms with Crippen molar-refractivity contribution in [1.29, 1.82) is 0 Å². The highest BCUT2D eigenvalue weighted by Gasteiger charge is 2.72. The molecule has 1 aliphatic carbocycles. The molecule has 1 aromatic heterocycles. The number of carbonyl (C=O) groups excluding carboxylic acids is 2.